The van der Waals surface area contributed by atoms with E-state index in [9.17, 15) is 4.21 Å². The molecular formula is C10H18N4OS. The van der Waals surface area contributed by atoms with Gasteiger partial charge < -0.3 is 9.88 Å². The fraction of sp³-hybridized carbons (Fsp3) is 0.800. The van der Waals surface area contributed by atoms with E-state index >= 15 is 0 Å². The monoisotopic (exact) mass is 242 g/mol. The fourth-order valence-corrected chi connectivity index (χ4v) is 3.21. The average Bonchev–Trinajstić information content (AvgIpc) is 2.76. The third kappa shape index (κ3) is 2.89. The molecule has 0 amide bonds. The van der Waals surface area contributed by atoms with Crippen molar-refractivity contribution in [2.24, 2.45) is 0 Å². The SMILES string of the molecule is CCn1cnnc1CNC1CCS(=O)CC1. The Labute approximate surface area is 98.1 Å². The number of nitrogens with one attached hydrogen (secondary N) is 1. The van der Waals surface area contributed by atoms with Crippen LogP contribution >= 0.6 is 0 Å². The Morgan fingerprint density at radius 2 is 2.31 bits per heavy atom. The Bertz CT molecular complexity index is 355. The Morgan fingerprint density at radius 3 is 3.00 bits per heavy atom. The minimum atomic E-state index is -0.580. The van der Waals surface area contributed by atoms with Crippen LogP contribution in [-0.4, -0.2) is 36.5 Å². The van der Waals surface area contributed by atoms with Gasteiger partial charge in [-0.15, -0.1) is 10.2 Å². The molecule has 1 aromatic rings. The third-order valence-electron chi connectivity index (χ3n) is 2.97. The fourth-order valence-electron chi connectivity index (χ4n) is 1.91. The van der Waals surface area contributed by atoms with Gasteiger partial charge in [0.05, 0.1) is 6.54 Å². The first kappa shape index (κ1) is 11.7. The summed E-state index contributed by atoms with van der Waals surface area (Å²) in [6.07, 6.45) is 3.77. The quantitative estimate of drug-likeness (QED) is 0.825. The topological polar surface area (TPSA) is 59.8 Å². The van der Waals surface area contributed by atoms with Crippen LogP contribution in [-0.2, 0) is 23.9 Å². The van der Waals surface area contributed by atoms with E-state index in [2.05, 4.69) is 22.4 Å². The van der Waals surface area contributed by atoms with E-state index in [1.165, 1.54) is 0 Å². The Hall–Kier alpha value is -0.750. The molecule has 6 heteroatoms. The van der Waals surface area contributed by atoms with Crippen molar-refractivity contribution >= 4 is 10.8 Å². The zero-order valence-electron chi connectivity index (χ0n) is 9.56. The second kappa shape index (κ2) is 5.54. The lowest BCUT2D eigenvalue weighted by molar-refractivity contribution is 0.460. The van der Waals surface area contributed by atoms with Crippen LogP contribution < -0.4 is 5.32 Å². The molecule has 1 aliphatic heterocycles. The first-order valence-electron chi connectivity index (χ1n) is 5.74. The molecule has 0 bridgehead atoms. The van der Waals surface area contributed by atoms with Crippen LogP contribution in [0.5, 0.6) is 0 Å². The summed E-state index contributed by atoms with van der Waals surface area (Å²) >= 11 is 0. The van der Waals surface area contributed by atoms with Crippen molar-refractivity contribution in [2.75, 3.05) is 11.5 Å². The van der Waals surface area contributed by atoms with E-state index < -0.39 is 10.8 Å². The summed E-state index contributed by atoms with van der Waals surface area (Å²) in [6, 6.07) is 0.486. The molecule has 2 rings (SSSR count). The Balaban J connectivity index is 1.81. The lowest BCUT2D eigenvalue weighted by Crippen LogP contribution is -2.35. The van der Waals surface area contributed by atoms with E-state index in [-0.39, 0.29) is 0 Å². The van der Waals surface area contributed by atoms with Crippen molar-refractivity contribution in [3.05, 3.63) is 12.2 Å². The molecule has 1 saturated heterocycles. The summed E-state index contributed by atoms with van der Waals surface area (Å²) in [7, 11) is -0.580. The van der Waals surface area contributed by atoms with Gasteiger partial charge in [-0.2, -0.15) is 0 Å². The highest BCUT2D eigenvalue weighted by atomic mass is 32.2. The van der Waals surface area contributed by atoms with Gasteiger partial charge in [0.15, 0.2) is 0 Å². The van der Waals surface area contributed by atoms with Crippen LogP contribution in [0.3, 0.4) is 0 Å². The number of rotatable bonds is 4. The minimum Gasteiger partial charge on any atom is -0.317 e. The largest absolute Gasteiger partial charge is 0.317 e. The van der Waals surface area contributed by atoms with Gasteiger partial charge in [-0.1, -0.05) is 0 Å². The predicted octanol–water partition coefficient (Wildman–Crippen LogP) is 0.299. The second-order valence-electron chi connectivity index (χ2n) is 4.04. The van der Waals surface area contributed by atoms with Crippen molar-refractivity contribution in [3.8, 4) is 0 Å². The number of aromatic nitrogens is 3. The lowest BCUT2D eigenvalue weighted by atomic mass is 10.1. The Kier molecular flexibility index (Phi) is 4.06. The molecule has 1 aromatic heterocycles. The van der Waals surface area contributed by atoms with Gasteiger partial charge in [-0.25, -0.2) is 0 Å². The molecule has 0 unspecified atom stereocenters. The van der Waals surface area contributed by atoms with Gasteiger partial charge in [0.1, 0.15) is 12.2 Å². The van der Waals surface area contributed by atoms with Crippen molar-refractivity contribution in [1.82, 2.24) is 20.1 Å². The van der Waals surface area contributed by atoms with E-state index in [4.69, 9.17) is 0 Å². The normalized spacial score (nSPS) is 25.8. The summed E-state index contributed by atoms with van der Waals surface area (Å²) < 4.78 is 13.2. The van der Waals surface area contributed by atoms with Crippen LogP contribution in [0.2, 0.25) is 0 Å². The van der Waals surface area contributed by atoms with Gasteiger partial charge in [0.25, 0.3) is 0 Å². The molecule has 1 aliphatic rings. The number of hydrogen-bond donors (Lipinski definition) is 1. The summed E-state index contributed by atoms with van der Waals surface area (Å²) in [5.74, 6) is 2.64. The molecule has 1 fully saturated rings. The molecule has 1 N–H and O–H groups in total. The summed E-state index contributed by atoms with van der Waals surface area (Å²) in [5, 5.41) is 11.4. The number of hydrogen-bond acceptors (Lipinski definition) is 4. The molecule has 0 aromatic carbocycles. The van der Waals surface area contributed by atoms with E-state index in [1.54, 1.807) is 6.33 Å². The van der Waals surface area contributed by atoms with Crippen molar-refractivity contribution in [2.45, 2.75) is 38.9 Å². The smallest absolute Gasteiger partial charge is 0.146 e. The first-order chi connectivity index (χ1) is 7.79. The van der Waals surface area contributed by atoms with Gasteiger partial charge in [-0.3, -0.25) is 4.21 Å². The maximum atomic E-state index is 11.2. The van der Waals surface area contributed by atoms with Crippen LogP contribution in [0.15, 0.2) is 6.33 Å². The first-order valence-corrected chi connectivity index (χ1v) is 7.23. The molecule has 0 saturated carbocycles. The second-order valence-corrected chi connectivity index (χ2v) is 5.73. The average molecular weight is 242 g/mol. The van der Waals surface area contributed by atoms with Crippen LogP contribution in [0.4, 0.5) is 0 Å². The molecule has 0 spiro atoms. The van der Waals surface area contributed by atoms with Crippen molar-refractivity contribution in [1.29, 1.82) is 0 Å². The van der Waals surface area contributed by atoms with Gasteiger partial charge in [0, 0.05) is 34.9 Å². The van der Waals surface area contributed by atoms with Gasteiger partial charge in [0.2, 0.25) is 0 Å². The van der Waals surface area contributed by atoms with Crippen LogP contribution in [0.25, 0.3) is 0 Å². The van der Waals surface area contributed by atoms with E-state index in [0.29, 0.717) is 6.04 Å². The molecule has 90 valence electrons. The molecular weight excluding hydrogens is 224 g/mol. The van der Waals surface area contributed by atoms with Gasteiger partial charge in [-0.05, 0) is 19.8 Å². The highest BCUT2D eigenvalue weighted by Gasteiger charge is 2.17. The standard InChI is InChI=1S/C10H18N4OS/c1-2-14-8-12-13-10(14)7-11-9-3-5-16(15)6-4-9/h8-9,11H,2-7H2,1H3. The molecule has 0 aliphatic carbocycles. The summed E-state index contributed by atoms with van der Waals surface area (Å²) in [5.41, 5.74) is 0. The number of nitrogens with zero attached hydrogens (tertiary/aromatic N) is 3. The Morgan fingerprint density at radius 1 is 1.56 bits per heavy atom. The number of aryl methyl sites for hydroxylation is 1. The maximum Gasteiger partial charge on any atom is 0.146 e. The summed E-state index contributed by atoms with van der Waals surface area (Å²) in [4.78, 5) is 0. The zero-order chi connectivity index (χ0) is 11.4. The summed E-state index contributed by atoms with van der Waals surface area (Å²) in [6.45, 7) is 3.74. The van der Waals surface area contributed by atoms with E-state index in [0.717, 1.165) is 43.3 Å². The van der Waals surface area contributed by atoms with Crippen LogP contribution in [0.1, 0.15) is 25.6 Å². The van der Waals surface area contributed by atoms with Crippen LogP contribution in [0, 0.1) is 0 Å². The zero-order valence-corrected chi connectivity index (χ0v) is 10.4. The molecule has 5 nitrogen and oxygen atoms in total. The highest BCUT2D eigenvalue weighted by Crippen LogP contribution is 2.09. The van der Waals surface area contributed by atoms with Crippen molar-refractivity contribution in [3.63, 3.8) is 0 Å². The van der Waals surface area contributed by atoms with Gasteiger partial charge >= 0.3 is 0 Å². The molecule has 2 heterocycles. The molecule has 0 atom stereocenters. The highest BCUT2D eigenvalue weighted by molar-refractivity contribution is 7.85. The third-order valence-corrected chi connectivity index (χ3v) is 4.36. The predicted molar refractivity (Wildman–Crippen MR) is 63.4 cm³/mol. The molecule has 0 radical (unpaired) electrons. The lowest BCUT2D eigenvalue weighted by Gasteiger charge is -2.22. The van der Waals surface area contributed by atoms with E-state index in [1.807, 2.05) is 4.57 Å². The van der Waals surface area contributed by atoms with Crippen molar-refractivity contribution < 1.29 is 4.21 Å². The minimum absolute atomic E-state index is 0.486. The maximum absolute atomic E-state index is 11.2. The molecule has 16 heavy (non-hydrogen) atoms.